The molecule has 0 radical (unpaired) electrons. The molecule has 0 bridgehead atoms. The molecule has 4 nitrogen and oxygen atoms in total. The summed E-state index contributed by atoms with van der Waals surface area (Å²) in [4.78, 5) is 8.17. The topological polar surface area (TPSA) is 46.0 Å². The first-order chi connectivity index (χ1) is 11.4. The van der Waals surface area contributed by atoms with Crippen LogP contribution in [0.25, 0.3) is 27.7 Å². The molecule has 1 aliphatic rings. The smallest absolute Gasteiger partial charge is 0.138 e. The van der Waals surface area contributed by atoms with Crippen molar-refractivity contribution in [3.63, 3.8) is 0 Å². The van der Waals surface area contributed by atoms with Crippen LogP contribution in [0.5, 0.6) is 0 Å². The molecule has 4 heterocycles. The van der Waals surface area contributed by atoms with Gasteiger partial charge in [0.2, 0.25) is 0 Å². The highest BCUT2D eigenvalue weighted by Crippen LogP contribution is 2.31. The van der Waals surface area contributed by atoms with E-state index in [0.717, 1.165) is 23.5 Å². The molecule has 0 amide bonds. The first-order valence-corrected chi connectivity index (χ1v) is 8.27. The molecule has 0 atom stereocenters. The molecule has 114 valence electrons. The number of aromatic nitrogens is 4. The van der Waals surface area contributed by atoms with Gasteiger partial charge in [-0.25, -0.2) is 9.50 Å². The standard InChI is InChI=1S/C19H18N4/c1-2-13(3-1)10-15-4-5-17-18(12-20-19(17)22-15)14-7-9-23-16(11-14)6-8-21-23/h4-9,11-13H,1-3,10H2,(H,20,22). The molecular weight excluding hydrogens is 284 g/mol. The summed E-state index contributed by atoms with van der Waals surface area (Å²) in [5.41, 5.74) is 5.70. The molecular formula is C19H18N4. The van der Waals surface area contributed by atoms with E-state index in [2.05, 4.69) is 40.5 Å². The lowest BCUT2D eigenvalue weighted by molar-refractivity contribution is 0.312. The fourth-order valence-corrected chi connectivity index (χ4v) is 3.48. The SMILES string of the molecule is c1cc2cc(-c3c[nH]c4nc(CC5CCC5)ccc34)ccn2n1. The van der Waals surface area contributed by atoms with Crippen LogP contribution in [0.1, 0.15) is 25.0 Å². The van der Waals surface area contributed by atoms with Crippen LogP contribution in [0.4, 0.5) is 0 Å². The van der Waals surface area contributed by atoms with Crippen molar-refractivity contribution >= 4 is 16.6 Å². The minimum Gasteiger partial charge on any atom is -0.346 e. The van der Waals surface area contributed by atoms with E-state index in [1.54, 1.807) is 0 Å². The van der Waals surface area contributed by atoms with Gasteiger partial charge in [-0.3, -0.25) is 0 Å². The van der Waals surface area contributed by atoms with Crippen molar-refractivity contribution in [2.75, 3.05) is 0 Å². The van der Waals surface area contributed by atoms with Gasteiger partial charge in [-0.15, -0.1) is 0 Å². The van der Waals surface area contributed by atoms with Gasteiger partial charge in [0.15, 0.2) is 0 Å². The summed E-state index contributed by atoms with van der Waals surface area (Å²) in [7, 11) is 0. The lowest BCUT2D eigenvalue weighted by atomic mass is 9.82. The maximum Gasteiger partial charge on any atom is 0.138 e. The summed E-state index contributed by atoms with van der Waals surface area (Å²) in [5.74, 6) is 0.846. The molecule has 1 N–H and O–H groups in total. The third-order valence-corrected chi connectivity index (χ3v) is 5.03. The van der Waals surface area contributed by atoms with Crippen molar-refractivity contribution in [2.45, 2.75) is 25.7 Å². The molecule has 23 heavy (non-hydrogen) atoms. The third-order valence-electron chi connectivity index (χ3n) is 5.03. The highest BCUT2D eigenvalue weighted by Gasteiger charge is 2.18. The van der Waals surface area contributed by atoms with Gasteiger partial charge in [-0.1, -0.05) is 19.3 Å². The van der Waals surface area contributed by atoms with Gasteiger partial charge in [-0.05, 0) is 48.2 Å². The third kappa shape index (κ3) is 2.13. The summed E-state index contributed by atoms with van der Waals surface area (Å²) < 4.78 is 1.88. The number of nitrogens with zero attached hydrogens (tertiary/aromatic N) is 3. The highest BCUT2D eigenvalue weighted by atomic mass is 15.2. The van der Waals surface area contributed by atoms with E-state index in [9.17, 15) is 0 Å². The quantitative estimate of drug-likeness (QED) is 0.616. The zero-order valence-electron chi connectivity index (χ0n) is 12.9. The van der Waals surface area contributed by atoms with Gasteiger partial charge in [0, 0.05) is 35.2 Å². The fourth-order valence-electron chi connectivity index (χ4n) is 3.48. The van der Waals surface area contributed by atoms with Crippen molar-refractivity contribution in [3.8, 4) is 11.1 Å². The van der Waals surface area contributed by atoms with Crippen LogP contribution >= 0.6 is 0 Å². The van der Waals surface area contributed by atoms with Crippen molar-refractivity contribution in [1.29, 1.82) is 0 Å². The summed E-state index contributed by atoms with van der Waals surface area (Å²) in [6.07, 6.45) is 11.1. The van der Waals surface area contributed by atoms with Gasteiger partial charge >= 0.3 is 0 Å². The number of hydrogen-bond donors (Lipinski definition) is 1. The van der Waals surface area contributed by atoms with Crippen LogP contribution in [-0.4, -0.2) is 19.6 Å². The van der Waals surface area contributed by atoms with Gasteiger partial charge < -0.3 is 4.98 Å². The molecule has 4 aromatic heterocycles. The number of hydrogen-bond acceptors (Lipinski definition) is 2. The second kappa shape index (κ2) is 4.95. The molecule has 0 aromatic carbocycles. The Kier molecular flexibility index (Phi) is 2.77. The Morgan fingerprint density at radius 3 is 3.00 bits per heavy atom. The van der Waals surface area contributed by atoms with E-state index in [-0.39, 0.29) is 0 Å². The van der Waals surface area contributed by atoms with Gasteiger partial charge in [0.25, 0.3) is 0 Å². The molecule has 1 aliphatic carbocycles. The number of nitrogens with one attached hydrogen (secondary N) is 1. The van der Waals surface area contributed by atoms with Crippen LogP contribution in [0.15, 0.2) is 48.9 Å². The number of fused-ring (bicyclic) bond motifs is 2. The van der Waals surface area contributed by atoms with E-state index < -0.39 is 0 Å². The van der Waals surface area contributed by atoms with E-state index in [0.29, 0.717) is 0 Å². The fraction of sp³-hybridized carbons (Fsp3) is 0.263. The number of H-pyrrole nitrogens is 1. The van der Waals surface area contributed by atoms with E-state index in [1.807, 2.05) is 23.0 Å². The van der Waals surface area contributed by atoms with Crippen molar-refractivity contribution in [3.05, 3.63) is 54.6 Å². The molecule has 0 aliphatic heterocycles. The first-order valence-electron chi connectivity index (χ1n) is 8.27. The zero-order chi connectivity index (χ0) is 15.2. The monoisotopic (exact) mass is 302 g/mol. The Balaban J connectivity index is 1.55. The maximum atomic E-state index is 4.82. The predicted octanol–water partition coefficient (Wildman–Crippen LogP) is 4.22. The van der Waals surface area contributed by atoms with Gasteiger partial charge in [0.1, 0.15) is 5.65 Å². The second-order valence-electron chi connectivity index (χ2n) is 6.52. The minimum absolute atomic E-state index is 0.846. The van der Waals surface area contributed by atoms with Crippen LogP contribution in [0, 0.1) is 5.92 Å². The molecule has 1 saturated carbocycles. The molecule has 4 heteroatoms. The van der Waals surface area contributed by atoms with E-state index in [4.69, 9.17) is 4.98 Å². The largest absolute Gasteiger partial charge is 0.346 e. The van der Waals surface area contributed by atoms with Crippen LogP contribution in [0.2, 0.25) is 0 Å². The number of rotatable bonds is 3. The van der Waals surface area contributed by atoms with Crippen LogP contribution in [-0.2, 0) is 6.42 Å². The van der Waals surface area contributed by atoms with Crippen molar-refractivity contribution < 1.29 is 0 Å². The number of aromatic amines is 1. The zero-order valence-corrected chi connectivity index (χ0v) is 12.9. The maximum absolute atomic E-state index is 4.82. The molecule has 0 saturated heterocycles. The molecule has 4 aromatic rings. The van der Waals surface area contributed by atoms with Crippen LogP contribution < -0.4 is 0 Å². The number of pyridine rings is 2. The molecule has 1 fully saturated rings. The summed E-state index contributed by atoms with van der Waals surface area (Å²) in [5, 5.41) is 5.44. The lowest BCUT2D eigenvalue weighted by Gasteiger charge is -2.24. The summed E-state index contributed by atoms with van der Waals surface area (Å²) in [6, 6.07) is 10.7. The van der Waals surface area contributed by atoms with Crippen molar-refractivity contribution in [1.82, 2.24) is 19.6 Å². The highest BCUT2D eigenvalue weighted by molar-refractivity contribution is 5.94. The normalized spacial score (nSPS) is 15.3. The van der Waals surface area contributed by atoms with Crippen molar-refractivity contribution in [2.24, 2.45) is 5.92 Å². The van der Waals surface area contributed by atoms with E-state index >= 15 is 0 Å². The molecule has 5 rings (SSSR count). The molecule has 0 spiro atoms. The Hall–Kier alpha value is -2.62. The predicted molar refractivity (Wildman–Crippen MR) is 91.3 cm³/mol. The van der Waals surface area contributed by atoms with Crippen LogP contribution in [0.3, 0.4) is 0 Å². The van der Waals surface area contributed by atoms with E-state index in [1.165, 1.54) is 41.5 Å². The average molecular weight is 302 g/mol. The first kappa shape index (κ1) is 12.9. The Morgan fingerprint density at radius 1 is 1.17 bits per heavy atom. The summed E-state index contributed by atoms with van der Waals surface area (Å²) >= 11 is 0. The Morgan fingerprint density at radius 2 is 2.13 bits per heavy atom. The summed E-state index contributed by atoms with van der Waals surface area (Å²) in [6.45, 7) is 0. The minimum atomic E-state index is 0.846. The molecule has 0 unspecified atom stereocenters. The average Bonchev–Trinajstić information content (AvgIpc) is 3.16. The second-order valence-corrected chi connectivity index (χ2v) is 6.52. The van der Waals surface area contributed by atoms with Gasteiger partial charge in [-0.2, -0.15) is 5.10 Å². The lowest BCUT2D eigenvalue weighted by Crippen LogP contribution is -2.14. The Bertz CT molecular complexity index is 991. The van der Waals surface area contributed by atoms with Gasteiger partial charge in [0.05, 0.1) is 5.52 Å². The Labute approximate surface area is 134 Å².